The lowest BCUT2D eigenvalue weighted by Crippen LogP contribution is -2.36. The number of anilines is 1. The molecule has 1 aromatic heterocycles. The summed E-state index contributed by atoms with van der Waals surface area (Å²) in [7, 11) is 1.74. The van der Waals surface area contributed by atoms with Crippen LogP contribution in [-0.4, -0.2) is 41.6 Å². The largest absolute Gasteiger partial charge is 0.478 e. The lowest BCUT2D eigenvalue weighted by atomic mass is 10.2. The summed E-state index contributed by atoms with van der Waals surface area (Å²) in [6.45, 7) is 2.09. The number of amides is 1. The first-order valence-corrected chi connectivity index (χ1v) is 6.74. The van der Waals surface area contributed by atoms with E-state index in [0.29, 0.717) is 24.0 Å². The standard InChI is InChI=1S/C14H19N3O3/c1-3-10-6-9(14(19)20)7-12(15-10)17(2)8-13(18)16-11-4-5-11/h6-7,11H,3-5,8H2,1-2H3,(H,16,18)(H,19,20). The zero-order chi connectivity index (χ0) is 14.7. The van der Waals surface area contributed by atoms with E-state index in [1.54, 1.807) is 18.0 Å². The van der Waals surface area contributed by atoms with Crippen LogP contribution in [0.5, 0.6) is 0 Å². The minimum atomic E-state index is -0.987. The van der Waals surface area contributed by atoms with E-state index in [2.05, 4.69) is 10.3 Å². The molecule has 0 atom stereocenters. The Bertz CT molecular complexity index is 526. The van der Waals surface area contributed by atoms with Crippen molar-refractivity contribution in [3.63, 3.8) is 0 Å². The van der Waals surface area contributed by atoms with Gasteiger partial charge < -0.3 is 15.3 Å². The number of carboxylic acid groups (broad SMARTS) is 1. The molecule has 1 aliphatic carbocycles. The van der Waals surface area contributed by atoms with Gasteiger partial charge in [-0.15, -0.1) is 0 Å². The SMILES string of the molecule is CCc1cc(C(=O)O)cc(N(C)CC(=O)NC2CC2)n1. The number of likely N-dealkylation sites (N-methyl/N-ethyl adjacent to an activating group) is 1. The van der Waals surface area contributed by atoms with Crippen molar-refractivity contribution < 1.29 is 14.7 Å². The van der Waals surface area contributed by atoms with Crippen LogP contribution in [0, 0.1) is 0 Å². The molecule has 0 radical (unpaired) electrons. The summed E-state index contributed by atoms with van der Waals surface area (Å²) in [5.74, 6) is -0.539. The second-order valence-corrected chi connectivity index (χ2v) is 5.06. The van der Waals surface area contributed by atoms with Gasteiger partial charge in [-0.05, 0) is 31.4 Å². The van der Waals surface area contributed by atoms with Gasteiger partial charge in [0.05, 0.1) is 12.1 Å². The number of carbonyl (C=O) groups excluding carboxylic acids is 1. The minimum Gasteiger partial charge on any atom is -0.478 e. The number of hydrogen-bond acceptors (Lipinski definition) is 4. The number of nitrogens with zero attached hydrogens (tertiary/aromatic N) is 2. The fourth-order valence-corrected chi connectivity index (χ4v) is 1.87. The fraction of sp³-hybridized carbons (Fsp3) is 0.500. The quantitative estimate of drug-likeness (QED) is 0.812. The Morgan fingerprint density at radius 2 is 2.15 bits per heavy atom. The molecule has 108 valence electrons. The molecule has 1 saturated carbocycles. The van der Waals surface area contributed by atoms with Crippen LogP contribution in [0.25, 0.3) is 0 Å². The van der Waals surface area contributed by atoms with Crippen molar-refractivity contribution in [1.82, 2.24) is 10.3 Å². The van der Waals surface area contributed by atoms with Gasteiger partial charge in [0.2, 0.25) is 5.91 Å². The van der Waals surface area contributed by atoms with Crippen LogP contribution in [0.2, 0.25) is 0 Å². The summed E-state index contributed by atoms with van der Waals surface area (Å²) in [5, 5.41) is 12.0. The van der Waals surface area contributed by atoms with Crippen molar-refractivity contribution in [2.45, 2.75) is 32.2 Å². The van der Waals surface area contributed by atoms with Crippen LogP contribution in [-0.2, 0) is 11.2 Å². The topological polar surface area (TPSA) is 82.5 Å². The average Bonchev–Trinajstić information content (AvgIpc) is 3.21. The van der Waals surface area contributed by atoms with Gasteiger partial charge in [0, 0.05) is 18.8 Å². The molecule has 0 bridgehead atoms. The second kappa shape index (κ2) is 5.90. The number of aromatic carboxylic acids is 1. The highest BCUT2D eigenvalue weighted by Gasteiger charge is 2.23. The highest BCUT2D eigenvalue weighted by Crippen LogP contribution is 2.19. The van der Waals surface area contributed by atoms with E-state index in [1.807, 2.05) is 6.92 Å². The Morgan fingerprint density at radius 3 is 2.70 bits per heavy atom. The van der Waals surface area contributed by atoms with Gasteiger partial charge in [-0.3, -0.25) is 4.79 Å². The van der Waals surface area contributed by atoms with Gasteiger partial charge in [-0.2, -0.15) is 0 Å². The predicted molar refractivity (Wildman–Crippen MR) is 75.0 cm³/mol. The molecule has 1 heterocycles. The van der Waals surface area contributed by atoms with Crippen LogP contribution in [0.15, 0.2) is 12.1 Å². The maximum atomic E-state index is 11.8. The van der Waals surface area contributed by atoms with Crippen molar-refractivity contribution in [3.8, 4) is 0 Å². The van der Waals surface area contributed by atoms with Crippen molar-refractivity contribution in [3.05, 3.63) is 23.4 Å². The molecule has 0 spiro atoms. The van der Waals surface area contributed by atoms with Crippen LogP contribution in [0.1, 0.15) is 35.8 Å². The maximum Gasteiger partial charge on any atom is 0.335 e. The van der Waals surface area contributed by atoms with Crippen molar-refractivity contribution in [2.75, 3.05) is 18.5 Å². The Labute approximate surface area is 117 Å². The number of pyridine rings is 1. The molecule has 0 unspecified atom stereocenters. The monoisotopic (exact) mass is 277 g/mol. The number of hydrogen-bond donors (Lipinski definition) is 2. The van der Waals surface area contributed by atoms with E-state index in [-0.39, 0.29) is 18.0 Å². The first-order valence-electron chi connectivity index (χ1n) is 6.74. The molecule has 1 amide bonds. The van der Waals surface area contributed by atoms with E-state index < -0.39 is 5.97 Å². The first kappa shape index (κ1) is 14.3. The third kappa shape index (κ3) is 3.69. The van der Waals surface area contributed by atoms with E-state index in [4.69, 9.17) is 5.11 Å². The van der Waals surface area contributed by atoms with Gasteiger partial charge in [0.1, 0.15) is 5.82 Å². The molecule has 2 N–H and O–H groups in total. The van der Waals surface area contributed by atoms with Gasteiger partial charge in [0.15, 0.2) is 0 Å². The lowest BCUT2D eigenvalue weighted by molar-refractivity contribution is -0.119. The molecule has 1 aromatic rings. The van der Waals surface area contributed by atoms with E-state index in [1.165, 1.54) is 6.07 Å². The molecule has 0 saturated heterocycles. The molecule has 6 nitrogen and oxygen atoms in total. The van der Waals surface area contributed by atoms with E-state index in [0.717, 1.165) is 12.8 Å². The Hall–Kier alpha value is -2.11. The molecular formula is C14H19N3O3. The number of nitrogens with one attached hydrogen (secondary N) is 1. The molecule has 0 aromatic carbocycles. The Kier molecular flexibility index (Phi) is 4.22. The zero-order valence-corrected chi connectivity index (χ0v) is 11.7. The molecule has 2 rings (SSSR count). The van der Waals surface area contributed by atoms with E-state index >= 15 is 0 Å². The summed E-state index contributed by atoms with van der Waals surface area (Å²) in [5.41, 5.74) is 0.899. The lowest BCUT2D eigenvalue weighted by Gasteiger charge is -2.19. The molecule has 0 aliphatic heterocycles. The molecular weight excluding hydrogens is 258 g/mol. The maximum absolute atomic E-state index is 11.8. The zero-order valence-electron chi connectivity index (χ0n) is 11.7. The minimum absolute atomic E-state index is 0.0597. The Morgan fingerprint density at radius 1 is 1.45 bits per heavy atom. The number of carbonyl (C=O) groups is 2. The molecule has 1 fully saturated rings. The smallest absolute Gasteiger partial charge is 0.335 e. The van der Waals surface area contributed by atoms with Crippen LogP contribution in [0.4, 0.5) is 5.82 Å². The molecule has 20 heavy (non-hydrogen) atoms. The number of carboxylic acids is 1. The molecule has 6 heteroatoms. The van der Waals surface area contributed by atoms with Crippen molar-refractivity contribution in [1.29, 1.82) is 0 Å². The first-order chi connectivity index (χ1) is 9.49. The number of aromatic nitrogens is 1. The van der Waals surface area contributed by atoms with Gasteiger partial charge in [0.25, 0.3) is 0 Å². The summed E-state index contributed by atoms with van der Waals surface area (Å²) in [6.07, 6.45) is 2.74. The Balaban J connectivity index is 2.10. The van der Waals surface area contributed by atoms with Gasteiger partial charge >= 0.3 is 5.97 Å². The average molecular weight is 277 g/mol. The van der Waals surface area contributed by atoms with Gasteiger partial charge in [-0.1, -0.05) is 6.92 Å². The second-order valence-electron chi connectivity index (χ2n) is 5.06. The fourth-order valence-electron chi connectivity index (χ4n) is 1.87. The number of rotatable bonds is 6. The van der Waals surface area contributed by atoms with Gasteiger partial charge in [-0.25, -0.2) is 9.78 Å². The van der Waals surface area contributed by atoms with Crippen LogP contribution < -0.4 is 10.2 Å². The summed E-state index contributed by atoms with van der Waals surface area (Å²) in [4.78, 5) is 28.9. The predicted octanol–water partition coefficient (Wildman–Crippen LogP) is 1.06. The highest BCUT2D eigenvalue weighted by molar-refractivity contribution is 5.89. The summed E-state index contributed by atoms with van der Waals surface area (Å²) in [6, 6.07) is 3.37. The van der Waals surface area contributed by atoms with Crippen LogP contribution >= 0.6 is 0 Å². The van der Waals surface area contributed by atoms with E-state index in [9.17, 15) is 9.59 Å². The molecule has 1 aliphatic rings. The van der Waals surface area contributed by atoms with Crippen LogP contribution in [0.3, 0.4) is 0 Å². The highest BCUT2D eigenvalue weighted by atomic mass is 16.4. The number of aryl methyl sites for hydroxylation is 1. The third-order valence-corrected chi connectivity index (χ3v) is 3.19. The summed E-state index contributed by atoms with van der Waals surface area (Å²) < 4.78 is 0. The van der Waals surface area contributed by atoms with Crippen molar-refractivity contribution in [2.24, 2.45) is 0 Å². The summed E-state index contributed by atoms with van der Waals surface area (Å²) >= 11 is 0. The third-order valence-electron chi connectivity index (χ3n) is 3.19. The normalized spacial score (nSPS) is 13.9. The van der Waals surface area contributed by atoms with Crippen molar-refractivity contribution >= 4 is 17.7 Å².